The van der Waals surface area contributed by atoms with Crippen LogP contribution in [0.5, 0.6) is 0 Å². The van der Waals surface area contributed by atoms with Gasteiger partial charge in [-0.3, -0.25) is 0 Å². The molecule has 0 radical (unpaired) electrons. The molecular formula is C15H14F3N. The van der Waals surface area contributed by atoms with Crippen LogP contribution >= 0.6 is 0 Å². The smallest absolute Gasteiger partial charge is 0.194 e. The normalized spacial score (nSPS) is 12.4. The first-order valence-electron chi connectivity index (χ1n) is 5.99. The van der Waals surface area contributed by atoms with E-state index in [1.807, 2.05) is 37.3 Å². The van der Waals surface area contributed by atoms with Gasteiger partial charge < -0.3 is 5.32 Å². The Hall–Kier alpha value is -1.81. The Morgan fingerprint density at radius 2 is 1.58 bits per heavy atom. The maximum Gasteiger partial charge on any atom is 0.194 e. The Bertz CT molecular complexity index is 532. The molecule has 0 aliphatic carbocycles. The Labute approximate surface area is 110 Å². The van der Waals surface area contributed by atoms with Crippen LogP contribution in [0.4, 0.5) is 13.2 Å². The molecule has 0 saturated heterocycles. The summed E-state index contributed by atoms with van der Waals surface area (Å²) in [6.07, 6.45) is 0. The van der Waals surface area contributed by atoms with Gasteiger partial charge in [0.05, 0.1) is 0 Å². The molecule has 19 heavy (non-hydrogen) atoms. The maximum atomic E-state index is 13.0. The van der Waals surface area contributed by atoms with Crippen LogP contribution in [0, 0.1) is 17.5 Å². The quantitative estimate of drug-likeness (QED) is 0.825. The molecule has 100 valence electrons. The van der Waals surface area contributed by atoms with Gasteiger partial charge in [0, 0.05) is 12.6 Å². The molecule has 1 atom stereocenters. The van der Waals surface area contributed by atoms with Gasteiger partial charge in [0.15, 0.2) is 17.5 Å². The third-order valence-corrected chi connectivity index (χ3v) is 2.96. The van der Waals surface area contributed by atoms with Crippen LogP contribution in [0.15, 0.2) is 42.5 Å². The zero-order chi connectivity index (χ0) is 13.8. The summed E-state index contributed by atoms with van der Waals surface area (Å²) in [7, 11) is 0. The topological polar surface area (TPSA) is 12.0 Å². The first-order valence-corrected chi connectivity index (χ1v) is 5.99. The first-order chi connectivity index (χ1) is 9.08. The summed E-state index contributed by atoms with van der Waals surface area (Å²) in [4.78, 5) is 0. The molecule has 0 spiro atoms. The van der Waals surface area contributed by atoms with E-state index in [1.54, 1.807) is 0 Å². The number of halogens is 3. The largest absolute Gasteiger partial charge is 0.306 e. The molecule has 1 nitrogen and oxygen atoms in total. The SMILES string of the molecule is C[C@H](NCc1cc(F)c(F)c(F)c1)c1ccccc1. The van der Waals surface area contributed by atoms with Crippen molar-refractivity contribution in [2.45, 2.75) is 19.5 Å². The number of hydrogen-bond donors (Lipinski definition) is 1. The fourth-order valence-corrected chi connectivity index (χ4v) is 1.84. The Morgan fingerprint density at radius 1 is 1.00 bits per heavy atom. The van der Waals surface area contributed by atoms with Gasteiger partial charge in [-0.25, -0.2) is 13.2 Å². The highest BCUT2D eigenvalue weighted by Gasteiger charge is 2.11. The molecule has 0 bridgehead atoms. The van der Waals surface area contributed by atoms with Crippen molar-refractivity contribution in [2.24, 2.45) is 0 Å². The monoisotopic (exact) mass is 265 g/mol. The minimum absolute atomic E-state index is 0.0392. The Morgan fingerprint density at radius 3 is 2.16 bits per heavy atom. The lowest BCUT2D eigenvalue weighted by atomic mass is 10.1. The standard InChI is InChI=1S/C15H14F3N/c1-10(12-5-3-2-4-6-12)19-9-11-7-13(16)15(18)14(17)8-11/h2-8,10,19H,9H2,1H3/t10-/m0/s1. The van der Waals surface area contributed by atoms with E-state index >= 15 is 0 Å². The van der Waals surface area contributed by atoms with Crippen LogP contribution in [-0.2, 0) is 6.54 Å². The van der Waals surface area contributed by atoms with Crippen molar-refractivity contribution in [3.8, 4) is 0 Å². The summed E-state index contributed by atoms with van der Waals surface area (Å²) in [5, 5.41) is 3.13. The minimum Gasteiger partial charge on any atom is -0.306 e. The van der Waals surface area contributed by atoms with E-state index in [0.29, 0.717) is 5.56 Å². The van der Waals surface area contributed by atoms with Gasteiger partial charge in [-0.1, -0.05) is 30.3 Å². The molecule has 0 saturated carbocycles. The van der Waals surface area contributed by atoms with Crippen LogP contribution in [0.3, 0.4) is 0 Å². The third-order valence-electron chi connectivity index (χ3n) is 2.96. The lowest BCUT2D eigenvalue weighted by Gasteiger charge is -2.14. The molecule has 0 aromatic heterocycles. The van der Waals surface area contributed by atoms with Crippen molar-refractivity contribution in [1.29, 1.82) is 0 Å². The lowest BCUT2D eigenvalue weighted by Crippen LogP contribution is -2.18. The highest BCUT2D eigenvalue weighted by atomic mass is 19.2. The molecule has 0 amide bonds. The predicted octanol–water partition coefficient (Wildman–Crippen LogP) is 3.95. The summed E-state index contributed by atoms with van der Waals surface area (Å²) in [6, 6.07) is 11.7. The summed E-state index contributed by atoms with van der Waals surface area (Å²) < 4.78 is 38.9. The molecule has 2 rings (SSSR count). The van der Waals surface area contributed by atoms with E-state index in [-0.39, 0.29) is 12.6 Å². The van der Waals surface area contributed by atoms with Crippen molar-refractivity contribution in [3.63, 3.8) is 0 Å². The number of rotatable bonds is 4. The van der Waals surface area contributed by atoms with Gasteiger partial charge in [-0.05, 0) is 30.2 Å². The van der Waals surface area contributed by atoms with Crippen LogP contribution in [0.1, 0.15) is 24.1 Å². The van der Waals surface area contributed by atoms with Crippen LogP contribution in [-0.4, -0.2) is 0 Å². The average Bonchev–Trinajstić information content (AvgIpc) is 2.43. The second-order valence-corrected chi connectivity index (χ2v) is 4.39. The molecule has 0 aliphatic heterocycles. The molecule has 0 unspecified atom stereocenters. The highest BCUT2D eigenvalue weighted by Crippen LogP contribution is 2.16. The first kappa shape index (κ1) is 13.6. The van der Waals surface area contributed by atoms with Gasteiger partial charge in [0.2, 0.25) is 0 Å². The van der Waals surface area contributed by atoms with E-state index in [0.717, 1.165) is 17.7 Å². The molecule has 0 heterocycles. The van der Waals surface area contributed by atoms with Crippen LogP contribution < -0.4 is 5.32 Å². The molecule has 1 N–H and O–H groups in total. The van der Waals surface area contributed by atoms with Gasteiger partial charge in [-0.15, -0.1) is 0 Å². The van der Waals surface area contributed by atoms with E-state index in [9.17, 15) is 13.2 Å². The average molecular weight is 265 g/mol. The molecule has 2 aromatic rings. The minimum atomic E-state index is -1.43. The Kier molecular flexibility index (Phi) is 4.22. The summed E-state index contributed by atoms with van der Waals surface area (Å²) in [5.41, 5.74) is 1.45. The number of hydrogen-bond acceptors (Lipinski definition) is 1. The van der Waals surface area contributed by atoms with Crippen molar-refractivity contribution >= 4 is 0 Å². The predicted molar refractivity (Wildman–Crippen MR) is 68.0 cm³/mol. The summed E-state index contributed by atoms with van der Waals surface area (Å²) >= 11 is 0. The van der Waals surface area contributed by atoms with Crippen LogP contribution in [0.25, 0.3) is 0 Å². The van der Waals surface area contributed by atoms with Gasteiger partial charge in [-0.2, -0.15) is 0 Å². The van der Waals surface area contributed by atoms with Crippen molar-refractivity contribution in [2.75, 3.05) is 0 Å². The maximum absolute atomic E-state index is 13.0. The van der Waals surface area contributed by atoms with Gasteiger partial charge >= 0.3 is 0 Å². The third kappa shape index (κ3) is 3.35. The fraction of sp³-hybridized carbons (Fsp3) is 0.200. The molecule has 0 fully saturated rings. The summed E-state index contributed by atoms with van der Waals surface area (Å²) in [5.74, 6) is -3.76. The van der Waals surface area contributed by atoms with E-state index in [2.05, 4.69) is 5.32 Å². The van der Waals surface area contributed by atoms with E-state index in [4.69, 9.17) is 0 Å². The van der Waals surface area contributed by atoms with Gasteiger partial charge in [0.1, 0.15) is 0 Å². The second kappa shape index (κ2) is 5.89. The van der Waals surface area contributed by atoms with Crippen LogP contribution in [0.2, 0.25) is 0 Å². The van der Waals surface area contributed by atoms with Crippen molar-refractivity contribution in [1.82, 2.24) is 5.32 Å². The van der Waals surface area contributed by atoms with Crippen molar-refractivity contribution in [3.05, 3.63) is 71.0 Å². The van der Waals surface area contributed by atoms with E-state index < -0.39 is 17.5 Å². The lowest BCUT2D eigenvalue weighted by molar-refractivity contribution is 0.443. The molecular weight excluding hydrogens is 251 g/mol. The Balaban J connectivity index is 2.03. The number of benzene rings is 2. The molecule has 0 aliphatic rings. The molecule has 2 aromatic carbocycles. The second-order valence-electron chi connectivity index (χ2n) is 4.39. The van der Waals surface area contributed by atoms with Crippen molar-refractivity contribution < 1.29 is 13.2 Å². The zero-order valence-electron chi connectivity index (χ0n) is 10.5. The molecule has 4 heteroatoms. The summed E-state index contributed by atoms with van der Waals surface area (Å²) in [6.45, 7) is 2.22. The van der Waals surface area contributed by atoms with Gasteiger partial charge in [0.25, 0.3) is 0 Å². The highest BCUT2D eigenvalue weighted by molar-refractivity contribution is 5.21. The fourth-order valence-electron chi connectivity index (χ4n) is 1.84. The number of nitrogens with one attached hydrogen (secondary N) is 1. The zero-order valence-corrected chi connectivity index (χ0v) is 10.5. The van der Waals surface area contributed by atoms with E-state index in [1.165, 1.54) is 0 Å².